The van der Waals surface area contributed by atoms with Gasteiger partial charge in [-0.2, -0.15) is 16.1 Å². The van der Waals surface area contributed by atoms with Crippen LogP contribution in [0.2, 0.25) is 0 Å². The first-order chi connectivity index (χ1) is 8.80. The minimum Gasteiger partial charge on any atom is -0.374 e. The lowest BCUT2D eigenvalue weighted by Crippen LogP contribution is -2.44. The molecular weight excluding hydrogens is 266 g/mol. The van der Waals surface area contributed by atoms with Gasteiger partial charge in [0.15, 0.2) is 0 Å². The molecule has 1 spiro atoms. The predicted octanol–water partition coefficient (Wildman–Crippen LogP) is 2.57. The van der Waals surface area contributed by atoms with Crippen LogP contribution in [0.15, 0.2) is 0 Å². The molecule has 0 unspecified atom stereocenters. The summed E-state index contributed by atoms with van der Waals surface area (Å²) in [6.45, 7) is 2.96. The molecule has 6 heteroatoms. The molecule has 2 atom stereocenters. The monoisotopic (exact) mass is 285 g/mol. The molecule has 100 valence electrons. The van der Waals surface area contributed by atoms with Crippen LogP contribution in [0.5, 0.6) is 0 Å². The van der Waals surface area contributed by atoms with E-state index in [4.69, 9.17) is 4.74 Å². The third kappa shape index (κ3) is 2.65. The molecular formula is C12H19N3OS2. The lowest BCUT2D eigenvalue weighted by atomic mass is 9.90. The zero-order chi connectivity index (χ0) is 12.4. The Balaban J connectivity index is 1.62. The van der Waals surface area contributed by atoms with Crippen LogP contribution < -0.4 is 5.32 Å². The first-order valence-electron chi connectivity index (χ1n) is 6.60. The lowest BCUT2D eigenvalue weighted by Gasteiger charge is -2.37. The molecule has 2 aliphatic heterocycles. The summed E-state index contributed by atoms with van der Waals surface area (Å²) in [5.41, 5.74) is 0.138. The standard InChI is InChI=1S/C12H19N3OS2/c1-2-10-14-11(18-15-10)13-9-3-5-16-12(7-9)4-6-17-8-12/h9H,2-8H2,1H3,(H,13,14,15)/t9-,12+/m0/s1. The fourth-order valence-electron chi connectivity index (χ4n) is 2.65. The highest BCUT2D eigenvalue weighted by atomic mass is 32.2. The number of nitrogens with zero attached hydrogens (tertiary/aromatic N) is 2. The normalized spacial score (nSPS) is 31.9. The van der Waals surface area contributed by atoms with E-state index in [1.807, 2.05) is 11.8 Å². The Bertz CT molecular complexity index is 404. The fraction of sp³-hybridized carbons (Fsp3) is 0.833. The van der Waals surface area contributed by atoms with Gasteiger partial charge in [0.2, 0.25) is 5.13 Å². The van der Waals surface area contributed by atoms with Crippen LogP contribution in [0.1, 0.15) is 32.0 Å². The molecule has 1 aromatic heterocycles. The third-order valence-corrected chi connectivity index (χ3v) is 5.58. The first kappa shape index (κ1) is 12.7. The number of hydrogen-bond donors (Lipinski definition) is 1. The van der Waals surface area contributed by atoms with Crippen molar-refractivity contribution in [3.63, 3.8) is 0 Å². The van der Waals surface area contributed by atoms with Gasteiger partial charge in [0.1, 0.15) is 5.82 Å². The second-order valence-corrected chi connectivity index (χ2v) is 6.89. The van der Waals surface area contributed by atoms with Crippen molar-refractivity contribution in [3.05, 3.63) is 5.82 Å². The number of thioether (sulfide) groups is 1. The van der Waals surface area contributed by atoms with Gasteiger partial charge in [-0.1, -0.05) is 6.92 Å². The zero-order valence-electron chi connectivity index (χ0n) is 10.6. The smallest absolute Gasteiger partial charge is 0.202 e. The van der Waals surface area contributed by atoms with Crippen molar-refractivity contribution in [2.45, 2.75) is 44.2 Å². The van der Waals surface area contributed by atoms with Crippen molar-refractivity contribution < 1.29 is 4.74 Å². The predicted molar refractivity (Wildman–Crippen MR) is 76.6 cm³/mol. The maximum absolute atomic E-state index is 6.03. The van der Waals surface area contributed by atoms with Crippen LogP contribution in [-0.2, 0) is 11.2 Å². The molecule has 0 amide bonds. The number of rotatable bonds is 3. The Kier molecular flexibility index (Phi) is 3.77. The van der Waals surface area contributed by atoms with Gasteiger partial charge in [-0.25, -0.2) is 4.98 Å². The Morgan fingerprint density at radius 3 is 3.22 bits per heavy atom. The number of ether oxygens (including phenoxy) is 1. The van der Waals surface area contributed by atoms with Crippen molar-refractivity contribution in [2.75, 3.05) is 23.4 Å². The van der Waals surface area contributed by atoms with Gasteiger partial charge in [-0.15, -0.1) is 0 Å². The molecule has 0 aromatic carbocycles. The number of nitrogens with one attached hydrogen (secondary N) is 1. The van der Waals surface area contributed by atoms with Crippen molar-refractivity contribution in [1.82, 2.24) is 9.36 Å². The summed E-state index contributed by atoms with van der Waals surface area (Å²) in [7, 11) is 0. The lowest BCUT2D eigenvalue weighted by molar-refractivity contribution is -0.0628. The van der Waals surface area contributed by atoms with E-state index in [9.17, 15) is 0 Å². The van der Waals surface area contributed by atoms with E-state index in [0.717, 1.165) is 42.6 Å². The number of hydrogen-bond acceptors (Lipinski definition) is 6. The minimum absolute atomic E-state index is 0.138. The van der Waals surface area contributed by atoms with Gasteiger partial charge in [-0.05, 0) is 25.0 Å². The van der Waals surface area contributed by atoms with Crippen molar-refractivity contribution >= 4 is 28.4 Å². The van der Waals surface area contributed by atoms with E-state index in [1.165, 1.54) is 23.7 Å². The Morgan fingerprint density at radius 1 is 1.56 bits per heavy atom. The molecule has 3 rings (SSSR count). The van der Waals surface area contributed by atoms with Crippen LogP contribution in [0.25, 0.3) is 0 Å². The highest BCUT2D eigenvalue weighted by molar-refractivity contribution is 7.99. The third-order valence-electron chi connectivity index (χ3n) is 3.67. The molecule has 3 heterocycles. The second kappa shape index (κ2) is 5.35. The molecule has 0 radical (unpaired) electrons. The average Bonchev–Trinajstić information content (AvgIpc) is 2.99. The maximum atomic E-state index is 6.03. The van der Waals surface area contributed by atoms with Crippen molar-refractivity contribution in [3.8, 4) is 0 Å². The van der Waals surface area contributed by atoms with E-state index in [-0.39, 0.29) is 5.60 Å². The molecule has 2 saturated heterocycles. The van der Waals surface area contributed by atoms with Gasteiger partial charge < -0.3 is 10.1 Å². The summed E-state index contributed by atoms with van der Waals surface area (Å²) in [6, 6.07) is 0.495. The van der Waals surface area contributed by atoms with Crippen LogP contribution in [0.4, 0.5) is 5.13 Å². The van der Waals surface area contributed by atoms with Crippen LogP contribution >= 0.6 is 23.3 Å². The molecule has 0 bridgehead atoms. The van der Waals surface area contributed by atoms with Gasteiger partial charge in [0, 0.05) is 36.4 Å². The molecule has 18 heavy (non-hydrogen) atoms. The molecule has 2 aliphatic rings. The summed E-state index contributed by atoms with van der Waals surface area (Å²) in [5.74, 6) is 3.34. The van der Waals surface area contributed by atoms with Gasteiger partial charge >= 0.3 is 0 Å². The summed E-state index contributed by atoms with van der Waals surface area (Å²) in [4.78, 5) is 4.49. The zero-order valence-corrected chi connectivity index (χ0v) is 12.3. The number of aromatic nitrogens is 2. The fourth-order valence-corrected chi connectivity index (χ4v) is 4.75. The Labute approximate surface area is 116 Å². The van der Waals surface area contributed by atoms with E-state index < -0.39 is 0 Å². The van der Waals surface area contributed by atoms with Crippen molar-refractivity contribution in [2.24, 2.45) is 0 Å². The van der Waals surface area contributed by atoms with E-state index >= 15 is 0 Å². The number of aryl methyl sites for hydroxylation is 1. The molecule has 1 aromatic rings. The quantitative estimate of drug-likeness (QED) is 0.925. The summed E-state index contributed by atoms with van der Waals surface area (Å²) >= 11 is 3.50. The molecule has 0 aliphatic carbocycles. The summed E-state index contributed by atoms with van der Waals surface area (Å²) in [5, 5.41) is 4.51. The number of anilines is 1. The van der Waals surface area contributed by atoms with E-state index in [0.29, 0.717) is 6.04 Å². The van der Waals surface area contributed by atoms with Crippen LogP contribution in [0.3, 0.4) is 0 Å². The minimum atomic E-state index is 0.138. The summed E-state index contributed by atoms with van der Waals surface area (Å²) < 4.78 is 10.3. The average molecular weight is 285 g/mol. The maximum Gasteiger partial charge on any atom is 0.202 e. The largest absolute Gasteiger partial charge is 0.374 e. The Morgan fingerprint density at radius 2 is 2.50 bits per heavy atom. The van der Waals surface area contributed by atoms with Gasteiger partial charge in [0.25, 0.3) is 0 Å². The SMILES string of the molecule is CCc1nsc(N[C@H]2CCO[C@]3(CCSC3)C2)n1. The molecule has 0 saturated carbocycles. The molecule has 4 nitrogen and oxygen atoms in total. The summed E-state index contributed by atoms with van der Waals surface area (Å²) in [6.07, 6.45) is 4.30. The highest BCUT2D eigenvalue weighted by Gasteiger charge is 2.40. The van der Waals surface area contributed by atoms with Crippen LogP contribution in [-0.4, -0.2) is 39.1 Å². The topological polar surface area (TPSA) is 47.0 Å². The van der Waals surface area contributed by atoms with Crippen LogP contribution in [0, 0.1) is 0 Å². The Hall–Kier alpha value is -0.330. The van der Waals surface area contributed by atoms with E-state index in [2.05, 4.69) is 21.6 Å². The first-order valence-corrected chi connectivity index (χ1v) is 8.53. The van der Waals surface area contributed by atoms with Gasteiger partial charge in [0.05, 0.1) is 5.60 Å². The highest BCUT2D eigenvalue weighted by Crippen LogP contribution is 2.39. The second-order valence-electron chi connectivity index (χ2n) is 5.04. The molecule has 2 fully saturated rings. The van der Waals surface area contributed by atoms with Crippen molar-refractivity contribution in [1.29, 1.82) is 0 Å². The van der Waals surface area contributed by atoms with E-state index in [1.54, 1.807) is 0 Å². The van der Waals surface area contributed by atoms with Gasteiger partial charge in [-0.3, -0.25) is 0 Å². The molecule has 1 N–H and O–H groups in total.